The molecule has 1 aliphatic rings. The molecule has 9 heteroatoms. The summed E-state index contributed by atoms with van der Waals surface area (Å²) in [6.45, 7) is 8.33. The molecule has 1 amide bonds. The van der Waals surface area contributed by atoms with Crippen molar-refractivity contribution in [2.45, 2.75) is 70.0 Å². The van der Waals surface area contributed by atoms with E-state index >= 15 is 0 Å². The zero-order valence-electron chi connectivity index (χ0n) is 22.3. The first kappa shape index (κ1) is 29.1. The van der Waals surface area contributed by atoms with Gasteiger partial charge in [0.2, 0.25) is 15.9 Å². The molecule has 37 heavy (non-hydrogen) atoms. The van der Waals surface area contributed by atoms with Crippen LogP contribution >= 0.6 is 0 Å². The van der Waals surface area contributed by atoms with E-state index < -0.39 is 28.2 Å². The molecule has 0 aliphatic carbocycles. The maximum absolute atomic E-state index is 13.7. The average molecular weight is 532 g/mol. The minimum atomic E-state index is -3.90. The summed E-state index contributed by atoms with van der Waals surface area (Å²) >= 11 is 0. The van der Waals surface area contributed by atoms with Crippen molar-refractivity contribution in [1.82, 2.24) is 9.62 Å². The number of ether oxygens (including phenoxy) is 1. The molecule has 1 heterocycles. The Morgan fingerprint density at radius 1 is 1.14 bits per heavy atom. The number of aliphatic hydroxyl groups is 1. The van der Waals surface area contributed by atoms with E-state index in [0.29, 0.717) is 25.2 Å². The SMILES string of the molecule is CC[C@H](C)[C@H](N)C(=O)N[C@@H](Cc1ccccc1)[C@H](O)CN(CC(C)C)S(=O)(=O)c1ccc2c(c1)CCO2. The number of hydrogen-bond donors (Lipinski definition) is 3. The van der Waals surface area contributed by atoms with Gasteiger partial charge in [0.25, 0.3) is 0 Å². The Bertz CT molecular complexity index is 1140. The van der Waals surface area contributed by atoms with E-state index in [1.54, 1.807) is 18.2 Å². The number of nitrogens with one attached hydrogen (secondary N) is 1. The highest BCUT2D eigenvalue weighted by Gasteiger charge is 2.33. The van der Waals surface area contributed by atoms with E-state index in [4.69, 9.17) is 10.5 Å². The van der Waals surface area contributed by atoms with Gasteiger partial charge in [0.05, 0.1) is 29.7 Å². The van der Waals surface area contributed by atoms with Gasteiger partial charge >= 0.3 is 0 Å². The highest BCUT2D eigenvalue weighted by atomic mass is 32.2. The number of amides is 1. The average Bonchev–Trinajstić information content (AvgIpc) is 3.35. The summed E-state index contributed by atoms with van der Waals surface area (Å²) in [5, 5.41) is 14.3. The number of carbonyl (C=O) groups excluding carboxylic acids is 1. The number of rotatable bonds is 13. The molecule has 0 unspecified atom stereocenters. The van der Waals surface area contributed by atoms with Crippen LogP contribution in [0.15, 0.2) is 53.4 Å². The molecule has 3 rings (SSSR count). The second-order valence-corrected chi connectivity index (χ2v) is 12.3. The van der Waals surface area contributed by atoms with Gasteiger partial charge in [0, 0.05) is 19.5 Å². The second kappa shape index (κ2) is 12.9. The highest BCUT2D eigenvalue weighted by molar-refractivity contribution is 7.89. The molecule has 0 saturated carbocycles. The number of hydrogen-bond acceptors (Lipinski definition) is 6. The number of sulfonamides is 1. The van der Waals surface area contributed by atoms with Gasteiger partial charge < -0.3 is 20.9 Å². The molecule has 0 fully saturated rings. The van der Waals surface area contributed by atoms with Crippen molar-refractivity contribution < 1.29 is 23.1 Å². The molecule has 1 aliphatic heterocycles. The van der Waals surface area contributed by atoms with Crippen LogP contribution in [0.3, 0.4) is 0 Å². The maximum Gasteiger partial charge on any atom is 0.243 e. The lowest BCUT2D eigenvalue weighted by molar-refractivity contribution is -0.125. The van der Waals surface area contributed by atoms with Crippen LogP contribution in [0.5, 0.6) is 5.75 Å². The van der Waals surface area contributed by atoms with Crippen molar-refractivity contribution in [3.63, 3.8) is 0 Å². The fourth-order valence-corrected chi connectivity index (χ4v) is 6.10. The van der Waals surface area contributed by atoms with Gasteiger partial charge in [0.1, 0.15) is 5.75 Å². The molecule has 204 valence electrons. The fraction of sp³-hybridized carbons (Fsp3) is 0.536. The van der Waals surface area contributed by atoms with E-state index in [1.165, 1.54) is 4.31 Å². The first-order valence-corrected chi connectivity index (χ1v) is 14.5. The van der Waals surface area contributed by atoms with Crippen LogP contribution in [-0.2, 0) is 27.7 Å². The lowest BCUT2D eigenvalue weighted by Gasteiger charge is -2.31. The maximum atomic E-state index is 13.7. The van der Waals surface area contributed by atoms with Gasteiger partial charge in [-0.3, -0.25) is 4.79 Å². The first-order valence-electron chi connectivity index (χ1n) is 13.1. The standard InChI is InChI=1S/C28H41N3O5S/c1-5-20(4)27(29)28(33)30-24(15-21-9-7-6-8-10-21)25(32)18-31(17-19(2)3)37(34,35)23-11-12-26-22(16-23)13-14-36-26/h6-12,16,19-20,24-25,27,32H,5,13-15,17-18,29H2,1-4H3,(H,30,33)/t20-,24-,25+,27-/m0/s1. The summed E-state index contributed by atoms with van der Waals surface area (Å²) in [4.78, 5) is 13.1. The Morgan fingerprint density at radius 2 is 1.84 bits per heavy atom. The number of carbonyl (C=O) groups is 1. The van der Waals surface area contributed by atoms with E-state index in [9.17, 15) is 18.3 Å². The van der Waals surface area contributed by atoms with Crippen molar-refractivity contribution >= 4 is 15.9 Å². The molecule has 0 spiro atoms. The molecule has 0 radical (unpaired) electrons. The predicted molar refractivity (Wildman–Crippen MR) is 145 cm³/mol. The molecule has 0 bridgehead atoms. The normalized spacial score (nSPS) is 16.6. The third-order valence-corrected chi connectivity index (χ3v) is 8.74. The first-order chi connectivity index (χ1) is 17.5. The topological polar surface area (TPSA) is 122 Å². The van der Waals surface area contributed by atoms with Crippen molar-refractivity contribution in [3.8, 4) is 5.75 Å². The van der Waals surface area contributed by atoms with Crippen LogP contribution in [-0.4, -0.2) is 61.6 Å². The van der Waals surface area contributed by atoms with Crippen molar-refractivity contribution in [2.75, 3.05) is 19.7 Å². The predicted octanol–water partition coefficient (Wildman–Crippen LogP) is 2.73. The summed E-state index contributed by atoms with van der Waals surface area (Å²) in [6.07, 6.45) is 0.589. The van der Waals surface area contributed by atoms with Gasteiger partial charge in [-0.15, -0.1) is 0 Å². The quantitative estimate of drug-likeness (QED) is 0.365. The lowest BCUT2D eigenvalue weighted by Crippen LogP contribution is -2.55. The summed E-state index contributed by atoms with van der Waals surface area (Å²) < 4.78 is 34.3. The van der Waals surface area contributed by atoms with E-state index in [-0.39, 0.29) is 35.7 Å². The van der Waals surface area contributed by atoms with Crippen LogP contribution in [0.2, 0.25) is 0 Å². The molecular weight excluding hydrogens is 490 g/mol. The third-order valence-electron chi connectivity index (χ3n) is 6.91. The van der Waals surface area contributed by atoms with E-state index in [1.807, 2.05) is 58.0 Å². The molecule has 0 saturated heterocycles. The van der Waals surface area contributed by atoms with Crippen molar-refractivity contribution in [1.29, 1.82) is 0 Å². The van der Waals surface area contributed by atoms with Gasteiger partial charge in [-0.2, -0.15) is 4.31 Å². The zero-order chi connectivity index (χ0) is 27.2. The molecule has 2 aromatic rings. The summed E-state index contributed by atoms with van der Waals surface area (Å²) in [5.41, 5.74) is 7.94. The number of nitrogens with two attached hydrogens (primary N) is 1. The lowest BCUT2D eigenvalue weighted by atomic mass is 9.97. The van der Waals surface area contributed by atoms with E-state index in [0.717, 1.165) is 17.5 Å². The monoisotopic (exact) mass is 531 g/mol. The zero-order valence-corrected chi connectivity index (χ0v) is 23.1. The summed E-state index contributed by atoms with van der Waals surface area (Å²) in [5.74, 6) is 0.348. The van der Waals surface area contributed by atoms with Gasteiger partial charge in [-0.1, -0.05) is 64.4 Å². The van der Waals surface area contributed by atoms with Gasteiger partial charge in [0.15, 0.2) is 0 Å². The number of aliphatic hydroxyl groups excluding tert-OH is 1. The Hall–Kier alpha value is -2.46. The van der Waals surface area contributed by atoms with Crippen LogP contribution in [0.25, 0.3) is 0 Å². The number of nitrogens with zero attached hydrogens (tertiary/aromatic N) is 1. The Balaban J connectivity index is 1.86. The van der Waals surface area contributed by atoms with Crippen LogP contribution < -0.4 is 15.8 Å². The van der Waals surface area contributed by atoms with Crippen molar-refractivity contribution in [3.05, 3.63) is 59.7 Å². The molecule has 2 aromatic carbocycles. The summed E-state index contributed by atoms with van der Waals surface area (Å²) in [7, 11) is -3.90. The van der Waals surface area contributed by atoms with Crippen LogP contribution in [0.1, 0.15) is 45.2 Å². The van der Waals surface area contributed by atoms with Crippen LogP contribution in [0, 0.1) is 11.8 Å². The minimum absolute atomic E-state index is 0.0285. The Kier molecular flexibility index (Phi) is 10.1. The Morgan fingerprint density at radius 3 is 2.49 bits per heavy atom. The Labute approximate surface area is 221 Å². The van der Waals surface area contributed by atoms with Crippen LogP contribution in [0.4, 0.5) is 0 Å². The fourth-order valence-electron chi connectivity index (χ4n) is 4.43. The molecular formula is C28H41N3O5S. The minimum Gasteiger partial charge on any atom is -0.493 e. The molecule has 4 N–H and O–H groups in total. The molecule has 8 nitrogen and oxygen atoms in total. The number of fused-ring (bicyclic) bond motifs is 1. The largest absolute Gasteiger partial charge is 0.493 e. The highest BCUT2D eigenvalue weighted by Crippen LogP contribution is 2.29. The van der Waals surface area contributed by atoms with Gasteiger partial charge in [-0.05, 0) is 47.6 Å². The smallest absolute Gasteiger partial charge is 0.243 e. The molecule has 4 atom stereocenters. The summed E-state index contributed by atoms with van der Waals surface area (Å²) in [6, 6.07) is 12.9. The second-order valence-electron chi connectivity index (χ2n) is 10.4. The molecule has 0 aromatic heterocycles. The van der Waals surface area contributed by atoms with Gasteiger partial charge in [-0.25, -0.2) is 8.42 Å². The van der Waals surface area contributed by atoms with Crippen molar-refractivity contribution in [2.24, 2.45) is 17.6 Å². The van der Waals surface area contributed by atoms with E-state index in [2.05, 4.69) is 5.32 Å². The number of benzene rings is 2. The third kappa shape index (κ3) is 7.54.